The summed E-state index contributed by atoms with van der Waals surface area (Å²) >= 11 is 0. The zero-order valence-electron chi connectivity index (χ0n) is 10.2. The molecule has 0 bridgehead atoms. The Balaban J connectivity index is 2.21. The lowest BCUT2D eigenvalue weighted by Crippen LogP contribution is -2.39. The van der Waals surface area contributed by atoms with E-state index in [1.807, 2.05) is 6.92 Å². The van der Waals surface area contributed by atoms with Crippen LogP contribution in [0.4, 0.5) is 5.82 Å². The van der Waals surface area contributed by atoms with Crippen molar-refractivity contribution in [3.63, 3.8) is 0 Å². The van der Waals surface area contributed by atoms with Gasteiger partial charge in [0.2, 0.25) is 0 Å². The molecule has 0 aliphatic carbocycles. The third kappa shape index (κ3) is 2.26. The fourth-order valence-electron chi connectivity index (χ4n) is 2.20. The van der Waals surface area contributed by atoms with Crippen LogP contribution in [0.2, 0.25) is 0 Å². The number of aryl methyl sites for hydroxylation is 1. The number of aromatic nitrogens is 2. The van der Waals surface area contributed by atoms with Gasteiger partial charge in [-0.3, -0.25) is 4.79 Å². The molecule has 4 nitrogen and oxygen atoms in total. The minimum absolute atomic E-state index is 0.0613. The lowest BCUT2D eigenvalue weighted by Gasteiger charge is -2.35. The Morgan fingerprint density at radius 1 is 1.44 bits per heavy atom. The molecule has 4 heteroatoms. The van der Waals surface area contributed by atoms with Crippen molar-refractivity contribution < 1.29 is 0 Å². The van der Waals surface area contributed by atoms with Gasteiger partial charge in [0.25, 0.3) is 5.56 Å². The first-order chi connectivity index (χ1) is 7.56. The number of nitrogens with zero attached hydrogens (tertiary/aromatic N) is 2. The van der Waals surface area contributed by atoms with E-state index < -0.39 is 0 Å². The molecule has 1 aromatic heterocycles. The number of hydrogen-bond donors (Lipinski definition) is 1. The molecule has 0 amide bonds. The van der Waals surface area contributed by atoms with E-state index in [1.165, 1.54) is 6.42 Å². The fourth-order valence-corrected chi connectivity index (χ4v) is 2.20. The molecule has 88 valence electrons. The lowest BCUT2D eigenvalue weighted by atomic mass is 9.89. The van der Waals surface area contributed by atoms with Crippen LogP contribution < -0.4 is 10.5 Å². The smallest absolute Gasteiger partial charge is 0.252 e. The largest absolute Gasteiger partial charge is 0.356 e. The minimum atomic E-state index is -0.0613. The van der Waals surface area contributed by atoms with Gasteiger partial charge in [-0.05, 0) is 25.2 Å². The van der Waals surface area contributed by atoms with Crippen molar-refractivity contribution in [2.24, 2.45) is 11.8 Å². The molecule has 16 heavy (non-hydrogen) atoms. The van der Waals surface area contributed by atoms with Crippen LogP contribution in [-0.2, 0) is 0 Å². The van der Waals surface area contributed by atoms with Crippen molar-refractivity contribution in [1.29, 1.82) is 0 Å². The van der Waals surface area contributed by atoms with Crippen LogP contribution in [0.5, 0.6) is 0 Å². The average Bonchev–Trinajstić information content (AvgIpc) is 2.20. The summed E-state index contributed by atoms with van der Waals surface area (Å²) in [7, 11) is 0. The van der Waals surface area contributed by atoms with E-state index in [9.17, 15) is 4.79 Å². The summed E-state index contributed by atoms with van der Waals surface area (Å²) in [4.78, 5) is 20.7. The highest BCUT2D eigenvalue weighted by atomic mass is 16.1. The zero-order chi connectivity index (χ0) is 11.7. The highest BCUT2D eigenvalue weighted by Crippen LogP contribution is 2.25. The van der Waals surface area contributed by atoms with E-state index in [1.54, 1.807) is 6.07 Å². The summed E-state index contributed by atoms with van der Waals surface area (Å²) < 4.78 is 0. The fraction of sp³-hybridized carbons (Fsp3) is 0.667. The first-order valence-electron chi connectivity index (χ1n) is 5.89. The summed E-state index contributed by atoms with van der Waals surface area (Å²) in [6.45, 7) is 8.37. The normalized spacial score (nSPS) is 25.8. The van der Waals surface area contributed by atoms with Gasteiger partial charge in [0, 0.05) is 19.2 Å². The summed E-state index contributed by atoms with van der Waals surface area (Å²) in [5.41, 5.74) is -0.0613. The van der Waals surface area contributed by atoms with E-state index in [4.69, 9.17) is 0 Å². The second-order valence-corrected chi connectivity index (χ2v) is 4.88. The summed E-state index contributed by atoms with van der Waals surface area (Å²) in [5.74, 6) is 2.93. The van der Waals surface area contributed by atoms with E-state index in [-0.39, 0.29) is 5.56 Å². The molecule has 2 rings (SSSR count). The summed E-state index contributed by atoms with van der Waals surface area (Å²) in [6, 6.07) is 1.59. The Labute approximate surface area is 95.7 Å². The predicted octanol–water partition coefficient (Wildman–Crippen LogP) is 1.56. The van der Waals surface area contributed by atoms with Gasteiger partial charge in [-0.25, -0.2) is 4.98 Å². The second kappa shape index (κ2) is 4.28. The Kier molecular flexibility index (Phi) is 2.99. The van der Waals surface area contributed by atoms with Crippen molar-refractivity contribution >= 4 is 5.82 Å². The first kappa shape index (κ1) is 11.2. The first-order valence-corrected chi connectivity index (χ1v) is 5.89. The van der Waals surface area contributed by atoms with Crippen LogP contribution in [0.1, 0.15) is 26.1 Å². The topological polar surface area (TPSA) is 49.0 Å². The predicted molar refractivity (Wildman–Crippen MR) is 64.8 cm³/mol. The molecular formula is C12H19N3O. The van der Waals surface area contributed by atoms with Crippen LogP contribution in [0.3, 0.4) is 0 Å². The third-order valence-electron chi connectivity index (χ3n) is 3.50. The maximum absolute atomic E-state index is 11.4. The van der Waals surface area contributed by atoms with Gasteiger partial charge in [0.15, 0.2) is 0 Å². The number of piperidine rings is 1. The Morgan fingerprint density at radius 2 is 2.19 bits per heavy atom. The molecule has 2 heterocycles. The molecular weight excluding hydrogens is 202 g/mol. The molecule has 1 fully saturated rings. The highest BCUT2D eigenvalue weighted by Gasteiger charge is 2.23. The molecule has 1 aliphatic heterocycles. The quantitative estimate of drug-likeness (QED) is 0.783. The van der Waals surface area contributed by atoms with Gasteiger partial charge in [0.1, 0.15) is 11.6 Å². The molecule has 2 atom stereocenters. The van der Waals surface area contributed by atoms with Gasteiger partial charge in [-0.15, -0.1) is 0 Å². The number of H-pyrrole nitrogens is 1. The van der Waals surface area contributed by atoms with Crippen LogP contribution in [0.15, 0.2) is 10.9 Å². The number of nitrogens with one attached hydrogen (secondary N) is 1. The number of hydrogen-bond acceptors (Lipinski definition) is 3. The SMILES string of the molecule is Cc1nc(N2CCC(C)C(C)C2)cc(=O)[nH]1. The van der Waals surface area contributed by atoms with Crippen molar-refractivity contribution in [3.05, 3.63) is 22.2 Å². The highest BCUT2D eigenvalue weighted by molar-refractivity contribution is 5.38. The van der Waals surface area contributed by atoms with Crippen LogP contribution in [0.25, 0.3) is 0 Å². The van der Waals surface area contributed by atoms with Crippen LogP contribution >= 0.6 is 0 Å². The van der Waals surface area contributed by atoms with Crippen molar-refractivity contribution in [2.45, 2.75) is 27.2 Å². The molecule has 0 aromatic carbocycles. The van der Waals surface area contributed by atoms with Gasteiger partial charge >= 0.3 is 0 Å². The minimum Gasteiger partial charge on any atom is -0.356 e. The average molecular weight is 221 g/mol. The van der Waals surface area contributed by atoms with Crippen LogP contribution in [0, 0.1) is 18.8 Å². The van der Waals surface area contributed by atoms with Gasteiger partial charge in [-0.2, -0.15) is 0 Å². The van der Waals surface area contributed by atoms with Gasteiger partial charge in [0.05, 0.1) is 0 Å². The maximum atomic E-state index is 11.4. The second-order valence-electron chi connectivity index (χ2n) is 4.88. The molecule has 1 N–H and O–H groups in total. The number of rotatable bonds is 1. The van der Waals surface area contributed by atoms with Gasteiger partial charge in [-0.1, -0.05) is 13.8 Å². The van der Waals surface area contributed by atoms with E-state index in [0.717, 1.165) is 24.8 Å². The number of aromatic amines is 1. The molecule has 1 aliphatic rings. The van der Waals surface area contributed by atoms with Crippen molar-refractivity contribution in [3.8, 4) is 0 Å². The Hall–Kier alpha value is -1.32. The molecule has 0 spiro atoms. The van der Waals surface area contributed by atoms with Crippen molar-refractivity contribution in [1.82, 2.24) is 9.97 Å². The number of anilines is 1. The standard InChI is InChI=1S/C12H19N3O/c1-8-4-5-15(7-9(8)2)11-6-12(16)14-10(3)13-11/h6,8-9H,4-5,7H2,1-3H3,(H,13,14,16). The monoisotopic (exact) mass is 221 g/mol. The van der Waals surface area contributed by atoms with Crippen molar-refractivity contribution in [2.75, 3.05) is 18.0 Å². The molecule has 0 radical (unpaired) electrons. The third-order valence-corrected chi connectivity index (χ3v) is 3.50. The lowest BCUT2D eigenvalue weighted by molar-refractivity contribution is 0.322. The Bertz CT molecular complexity index is 427. The summed E-state index contributed by atoms with van der Waals surface area (Å²) in [5, 5.41) is 0. The zero-order valence-corrected chi connectivity index (χ0v) is 10.2. The van der Waals surface area contributed by atoms with E-state index >= 15 is 0 Å². The molecule has 2 unspecified atom stereocenters. The molecule has 0 saturated carbocycles. The Morgan fingerprint density at radius 3 is 2.81 bits per heavy atom. The van der Waals surface area contributed by atoms with Gasteiger partial charge < -0.3 is 9.88 Å². The van der Waals surface area contributed by atoms with E-state index in [0.29, 0.717) is 11.7 Å². The maximum Gasteiger partial charge on any atom is 0.252 e. The summed E-state index contributed by atoms with van der Waals surface area (Å²) in [6.07, 6.45) is 1.18. The van der Waals surface area contributed by atoms with E-state index in [2.05, 4.69) is 28.7 Å². The molecule has 1 saturated heterocycles. The molecule has 1 aromatic rings. The van der Waals surface area contributed by atoms with Crippen LogP contribution in [-0.4, -0.2) is 23.1 Å².